The Hall–Kier alpha value is -1.98. The molecule has 0 saturated carbocycles. The second-order valence-corrected chi connectivity index (χ2v) is 4.80. The molecule has 0 aromatic heterocycles. The number of halogens is 3. The average Bonchev–Trinajstić information content (AvgIpc) is 2.63. The third-order valence-corrected chi connectivity index (χ3v) is 3.56. The van der Waals surface area contributed by atoms with E-state index in [0.29, 0.717) is 17.9 Å². The summed E-state index contributed by atoms with van der Waals surface area (Å²) in [7, 11) is 1.54. The van der Waals surface area contributed by atoms with Crippen LogP contribution in [0.1, 0.15) is 18.1 Å². The lowest BCUT2D eigenvalue weighted by atomic mass is 10.0. The molecule has 1 aromatic carbocycles. The Morgan fingerprint density at radius 3 is 2.62 bits per heavy atom. The summed E-state index contributed by atoms with van der Waals surface area (Å²) >= 11 is 0. The first-order valence-electron chi connectivity index (χ1n) is 6.56. The van der Waals surface area contributed by atoms with Gasteiger partial charge in [-0.25, -0.2) is 0 Å². The number of alkyl halides is 3. The third-order valence-electron chi connectivity index (χ3n) is 3.56. The molecule has 6 heteroatoms. The van der Waals surface area contributed by atoms with Gasteiger partial charge in [-0.15, -0.1) is 0 Å². The second-order valence-electron chi connectivity index (χ2n) is 4.80. The summed E-state index contributed by atoms with van der Waals surface area (Å²) in [6, 6.07) is 5.42. The summed E-state index contributed by atoms with van der Waals surface area (Å²) in [6.07, 6.45) is -2.63. The van der Waals surface area contributed by atoms with Crippen molar-refractivity contribution in [3.05, 3.63) is 41.1 Å². The lowest BCUT2D eigenvalue weighted by molar-refractivity contribution is -0.183. The summed E-state index contributed by atoms with van der Waals surface area (Å²) in [5.74, 6) is -1.16. The zero-order valence-corrected chi connectivity index (χ0v) is 11.8. The van der Waals surface area contributed by atoms with Crippen LogP contribution in [0.4, 0.5) is 13.2 Å². The van der Waals surface area contributed by atoms with Gasteiger partial charge in [0, 0.05) is 18.7 Å². The minimum Gasteiger partial charge on any atom is -0.497 e. The van der Waals surface area contributed by atoms with Crippen molar-refractivity contribution in [1.82, 2.24) is 4.90 Å². The number of allylic oxidation sites excluding steroid dienone is 2. The number of hydrogen-bond donors (Lipinski definition) is 0. The molecule has 0 radical (unpaired) electrons. The smallest absolute Gasteiger partial charge is 0.471 e. The number of benzene rings is 1. The highest BCUT2D eigenvalue weighted by molar-refractivity contribution is 5.83. The maximum Gasteiger partial charge on any atom is 0.471 e. The number of carbonyl (C=O) groups is 1. The van der Waals surface area contributed by atoms with E-state index in [1.807, 2.05) is 6.07 Å². The first-order chi connectivity index (χ1) is 9.86. The molecule has 0 saturated heterocycles. The van der Waals surface area contributed by atoms with Crippen LogP contribution >= 0.6 is 0 Å². The van der Waals surface area contributed by atoms with Gasteiger partial charge in [-0.05, 0) is 36.6 Å². The molecule has 0 bridgehead atoms. The monoisotopic (exact) mass is 299 g/mol. The number of methoxy groups -OCH3 is 1. The van der Waals surface area contributed by atoms with Crippen molar-refractivity contribution < 1.29 is 22.7 Å². The van der Waals surface area contributed by atoms with Crippen LogP contribution < -0.4 is 4.74 Å². The van der Waals surface area contributed by atoms with Gasteiger partial charge in [0.15, 0.2) is 0 Å². The molecule has 0 atom stereocenters. The molecule has 0 aliphatic carbocycles. The maximum absolute atomic E-state index is 12.7. The van der Waals surface area contributed by atoms with Gasteiger partial charge < -0.3 is 9.64 Å². The van der Waals surface area contributed by atoms with Crippen LogP contribution in [0.2, 0.25) is 0 Å². The van der Waals surface area contributed by atoms with Gasteiger partial charge in [-0.3, -0.25) is 4.79 Å². The first-order valence-corrected chi connectivity index (χ1v) is 6.56. The molecule has 1 aromatic rings. The van der Waals surface area contributed by atoms with Crippen LogP contribution in [0.15, 0.2) is 30.0 Å². The molecular weight excluding hydrogens is 283 g/mol. The fourth-order valence-electron chi connectivity index (χ4n) is 2.45. The second kappa shape index (κ2) is 5.79. The van der Waals surface area contributed by atoms with Gasteiger partial charge >= 0.3 is 12.1 Å². The summed E-state index contributed by atoms with van der Waals surface area (Å²) < 4.78 is 43.2. The molecule has 3 nitrogen and oxygen atoms in total. The standard InChI is InChI=1S/C15H16F3NO2/c1-3-12-8-11-9-13(21-2)5-4-10(11)6-7-19(12)14(20)15(16,17)18/h3-5,9H,6-8H2,1-2H3/b12-3+. The molecule has 0 N–H and O–H groups in total. The van der Waals surface area contributed by atoms with E-state index in [2.05, 4.69) is 0 Å². The van der Waals surface area contributed by atoms with E-state index in [0.717, 1.165) is 16.0 Å². The van der Waals surface area contributed by atoms with E-state index in [4.69, 9.17) is 4.74 Å². The van der Waals surface area contributed by atoms with Crippen molar-refractivity contribution in [3.63, 3.8) is 0 Å². The number of hydrogen-bond acceptors (Lipinski definition) is 2. The Bertz CT molecular complexity index is 579. The Kier molecular flexibility index (Phi) is 4.25. The molecule has 114 valence electrons. The normalized spacial score (nSPS) is 17.4. The Balaban J connectivity index is 2.35. The quantitative estimate of drug-likeness (QED) is 0.797. The predicted octanol–water partition coefficient (Wildman–Crippen LogP) is 3.09. The summed E-state index contributed by atoms with van der Waals surface area (Å²) in [4.78, 5) is 12.4. The molecule has 2 rings (SSSR count). The zero-order valence-electron chi connectivity index (χ0n) is 11.8. The minimum atomic E-state index is -4.86. The van der Waals surface area contributed by atoms with Crippen molar-refractivity contribution >= 4 is 5.91 Å². The highest BCUT2D eigenvalue weighted by Crippen LogP contribution is 2.29. The number of nitrogens with zero attached hydrogens (tertiary/aromatic N) is 1. The third kappa shape index (κ3) is 3.20. The predicted molar refractivity (Wildman–Crippen MR) is 71.9 cm³/mol. The topological polar surface area (TPSA) is 29.5 Å². The summed E-state index contributed by atoms with van der Waals surface area (Å²) in [5, 5.41) is 0. The highest BCUT2D eigenvalue weighted by Gasteiger charge is 2.43. The van der Waals surface area contributed by atoms with Crippen molar-refractivity contribution in [3.8, 4) is 5.75 Å². The summed E-state index contributed by atoms with van der Waals surface area (Å²) in [5.41, 5.74) is 2.19. The van der Waals surface area contributed by atoms with Crippen molar-refractivity contribution in [1.29, 1.82) is 0 Å². The molecule has 21 heavy (non-hydrogen) atoms. The number of carbonyl (C=O) groups excluding carboxylic acids is 1. The highest BCUT2D eigenvalue weighted by atomic mass is 19.4. The molecular formula is C15H16F3NO2. The van der Waals surface area contributed by atoms with Crippen molar-refractivity contribution in [2.75, 3.05) is 13.7 Å². The van der Waals surface area contributed by atoms with Crippen LogP contribution in [0.5, 0.6) is 5.75 Å². The Morgan fingerprint density at radius 1 is 1.33 bits per heavy atom. The van der Waals surface area contributed by atoms with Gasteiger partial charge in [0.25, 0.3) is 0 Å². The molecule has 0 fully saturated rings. The SMILES string of the molecule is C/C=C1\Cc2cc(OC)ccc2CCN1C(=O)C(F)(F)F. The van der Waals surface area contributed by atoms with E-state index in [9.17, 15) is 18.0 Å². The lowest BCUT2D eigenvalue weighted by Gasteiger charge is -2.24. The van der Waals surface area contributed by atoms with E-state index >= 15 is 0 Å². The van der Waals surface area contributed by atoms with Gasteiger partial charge in [0.05, 0.1) is 7.11 Å². The number of fused-ring (bicyclic) bond motifs is 1. The number of amides is 1. The van der Waals surface area contributed by atoms with E-state index in [1.165, 1.54) is 7.11 Å². The van der Waals surface area contributed by atoms with Gasteiger partial charge in [0.2, 0.25) is 0 Å². The minimum absolute atomic E-state index is 0.0251. The van der Waals surface area contributed by atoms with Crippen LogP contribution in [0.3, 0.4) is 0 Å². The van der Waals surface area contributed by atoms with Crippen LogP contribution in [0, 0.1) is 0 Å². The molecule has 1 aliphatic rings. The Labute approximate surface area is 121 Å². The van der Waals surface area contributed by atoms with Crippen LogP contribution in [0.25, 0.3) is 0 Å². The van der Waals surface area contributed by atoms with Crippen molar-refractivity contribution in [2.24, 2.45) is 0 Å². The Morgan fingerprint density at radius 2 is 2.05 bits per heavy atom. The fraction of sp³-hybridized carbons (Fsp3) is 0.400. The number of rotatable bonds is 1. The van der Waals surface area contributed by atoms with Gasteiger partial charge in [-0.2, -0.15) is 13.2 Å². The van der Waals surface area contributed by atoms with Gasteiger partial charge in [-0.1, -0.05) is 12.1 Å². The van der Waals surface area contributed by atoms with Crippen LogP contribution in [-0.2, 0) is 17.6 Å². The number of ether oxygens (including phenoxy) is 1. The molecule has 0 unspecified atom stereocenters. The lowest BCUT2D eigenvalue weighted by Crippen LogP contribution is -2.41. The van der Waals surface area contributed by atoms with E-state index in [1.54, 1.807) is 25.1 Å². The maximum atomic E-state index is 12.7. The largest absolute Gasteiger partial charge is 0.497 e. The fourth-order valence-corrected chi connectivity index (χ4v) is 2.45. The van der Waals surface area contributed by atoms with E-state index < -0.39 is 12.1 Å². The molecule has 1 heterocycles. The van der Waals surface area contributed by atoms with Crippen molar-refractivity contribution in [2.45, 2.75) is 25.9 Å². The van der Waals surface area contributed by atoms with Crippen LogP contribution in [-0.4, -0.2) is 30.6 Å². The molecule has 0 spiro atoms. The van der Waals surface area contributed by atoms with Gasteiger partial charge in [0.1, 0.15) is 5.75 Å². The average molecular weight is 299 g/mol. The van der Waals surface area contributed by atoms with E-state index in [-0.39, 0.29) is 13.0 Å². The molecule has 1 aliphatic heterocycles. The molecule has 1 amide bonds. The zero-order chi connectivity index (χ0) is 15.6. The summed E-state index contributed by atoms with van der Waals surface area (Å²) in [6.45, 7) is 1.66. The first kappa shape index (κ1) is 15.4.